The minimum atomic E-state index is 0.433. The van der Waals surface area contributed by atoms with Crippen LogP contribution in [-0.2, 0) is 4.74 Å². The monoisotopic (exact) mass is 257 g/mol. The van der Waals surface area contributed by atoms with E-state index in [2.05, 4.69) is 17.0 Å². The lowest BCUT2D eigenvalue weighted by molar-refractivity contribution is 0.299. The van der Waals surface area contributed by atoms with Crippen molar-refractivity contribution in [2.24, 2.45) is 0 Å². The highest BCUT2D eigenvalue weighted by Crippen LogP contribution is 2.33. The number of pyridine rings is 1. The molecule has 2 rings (SSSR count). The van der Waals surface area contributed by atoms with Crippen LogP contribution < -0.4 is 9.47 Å². The van der Waals surface area contributed by atoms with Gasteiger partial charge < -0.3 is 14.2 Å². The van der Waals surface area contributed by atoms with Gasteiger partial charge in [-0.15, -0.1) is 0 Å². The summed E-state index contributed by atoms with van der Waals surface area (Å²) in [6.07, 6.45) is 2.62. The number of nitrogens with zero attached hydrogens (tertiary/aromatic N) is 1. The van der Waals surface area contributed by atoms with Gasteiger partial charge in [0.2, 0.25) is 5.88 Å². The van der Waals surface area contributed by atoms with Crippen molar-refractivity contribution in [1.29, 1.82) is 0 Å². The first-order valence-electron chi connectivity index (χ1n) is 5.95. The fraction of sp³-hybridized carbons (Fsp3) is 0.267. The molecule has 0 atom stereocenters. The Hall–Kier alpha value is -2.41. The highest BCUT2D eigenvalue weighted by molar-refractivity contribution is 5.88. The Labute approximate surface area is 112 Å². The molecule has 1 aromatic carbocycles. The molecule has 0 amide bonds. The summed E-state index contributed by atoms with van der Waals surface area (Å²) in [5.41, 5.74) is 1.40. The lowest BCUT2D eigenvalue weighted by atomic mass is 10.1. The zero-order chi connectivity index (χ0) is 13.7. The molecule has 0 aliphatic heterocycles. The molecule has 0 radical (unpaired) electrons. The fourth-order valence-electron chi connectivity index (χ4n) is 1.79. The summed E-state index contributed by atoms with van der Waals surface area (Å²) in [7, 11) is 3.16. The van der Waals surface area contributed by atoms with Crippen LogP contribution in [0.2, 0.25) is 0 Å². The average molecular weight is 257 g/mol. The van der Waals surface area contributed by atoms with E-state index in [1.807, 2.05) is 31.2 Å². The molecule has 0 N–H and O–H groups in total. The van der Waals surface area contributed by atoms with Gasteiger partial charge in [-0.1, -0.05) is 12.1 Å². The van der Waals surface area contributed by atoms with Gasteiger partial charge in [0.1, 0.15) is 17.4 Å². The van der Waals surface area contributed by atoms with Crippen molar-refractivity contribution >= 4 is 10.9 Å². The number of aromatic nitrogens is 1. The molecule has 1 heterocycles. The highest BCUT2D eigenvalue weighted by atomic mass is 16.5. The Morgan fingerprint density at radius 3 is 2.63 bits per heavy atom. The second-order valence-corrected chi connectivity index (χ2v) is 3.71. The van der Waals surface area contributed by atoms with Crippen molar-refractivity contribution in [2.45, 2.75) is 6.92 Å². The number of hydrogen-bond donors (Lipinski definition) is 0. The lowest BCUT2D eigenvalue weighted by Crippen LogP contribution is -1.98. The summed E-state index contributed by atoms with van der Waals surface area (Å²) < 4.78 is 15.8. The van der Waals surface area contributed by atoms with Gasteiger partial charge in [-0.25, -0.2) is 4.98 Å². The molecule has 0 unspecified atom stereocenters. The molecule has 4 heteroatoms. The van der Waals surface area contributed by atoms with Crippen LogP contribution in [0.1, 0.15) is 12.5 Å². The Morgan fingerprint density at radius 2 is 1.95 bits per heavy atom. The van der Waals surface area contributed by atoms with E-state index in [1.54, 1.807) is 14.2 Å². The molecule has 19 heavy (non-hydrogen) atoms. The van der Waals surface area contributed by atoms with Crippen molar-refractivity contribution in [3.63, 3.8) is 0 Å². The predicted octanol–water partition coefficient (Wildman–Crippen LogP) is 2.60. The Bertz CT molecular complexity index is 641. The Kier molecular flexibility index (Phi) is 4.09. The second-order valence-electron chi connectivity index (χ2n) is 3.71. The van der Waals surface area contributed by atoms with Crippen molar-refractivity contribution in [3.05, 3.63) is 29.8 Å². The summed E-state index contributed by atoms with van der Waals surface area (Å²) in [6.45, 7) is 2.40. The van der Waals surface area contributed by atoms with E-state index < -0.39 is 0 Å². The van der Waals surface area contributed by atoms with E-state index in [1.165, 1.54) is 0 Å². The summed E-state index contributed by atoms with van der Waals surface area (Å²) in [5.74, 6) is 3.97. The molecule has 0 aliphatic rings. The number of fused-ring (bicyclic) bond motifs is 1. The third kappa shape index (κ3) is 2.55. The molecule has 0 saturated heterocycles. The topological polar surface area (TPSA) is 40.6 Å². The van der Waals surface area contributed by atoms with E-state index in [4.69, 9.17) is 14.2 Å². The zero-order valence-corrected chi connectivity index (χ0v) is 11.2. The van der Waals surface area contributed by atoms with Crippen LogP contribution in [0.25, 0.3) is 10.9 Å². The summed E-state index contributed by atoms with van der Waals surface area (Å²) >= 11 is 0. The smallest absolute Gasteiger partial charge is 0.233 e. The number of benzene rings is 1. The lowest BCUT2D eigenvalue weighted by Gasteiger charge is -2.11. The highest BCUT2D eigenvalue weighted by Gasteiger charge is 2.14. The third-order valence-corrected chi connectivity index (χ3v) is 2.60. The minimum absolute atomic E-state index is 0.433. The van der Waals surface area contributed by atoms with Gasteiger partial charge in [-0.2, -0.15) is 0 Å². The van der Waals surface area contributed by atoms with Crippen LogP contribution in [0, 0.1) is 12.0 Å². The van der Waals surface area contributed by atoms with E-state index in [0.29, 0.717) is 23.8 Å². The van der Waals surface area contributed by atoms with Crippen molar-refractivity contribution in [2.75, 3.05) is 20.8 Å². The fourth-order valence-corrected chi connectivity index (χ4v) is 1.79. The normalized spacial score (nSPS) is 9.63. The van der Waals surface area contributed by atoms with Crippen LogP contribution >= 0.6 is 0 Å². The van der Waals surface area contributed by atoms with Crippen molar-refractivity contribution < 1.29 is 14.2 Å². The Morgan fingerprint density at radius 1 is 1.16 bits per heavy atom. The standard InChI is InChI=1S/C15H15NO3/c1-4-19-10-9-12-14(17-2)11-7-5-6-8-13(11)16-15(12)18-3/h5-8H,4H2,1-3H3. The van der Waals surface area contributed by atoms with Crippen molar-refractivity contribution in [1.82, 2.24) is 4.98 Å². The van der Waals surface area contributed by atoms with Crippen molar-refractivity contribution in [3.8, 4) is 23.7 Å². The molecule has 4 nitrogen and oxygen atoms in total. The van der Waals surface area contributed by atoms with Crippen LogP contribution in [0.4, 0.5) is 0 Å². The maximum atomic E-state index is 5.45. The van der Waals surface area contributed by atoms with Crippen LogP contribution in [0.5, 0.6) is 11.6 Å². The van der Waals surface area contributed by atoms with Gasteiger partial charge in [0.25, 0.3) is 0 Å². The molecule has 0 aliphatic carbocycles. The molecule has 1 aromatic heterocycles. The van der Waals surface area contributed by atoms with E-state index in [0.717, 1.165) is 10.9 Å². The largest absolute Gasteiger partial charge is 0.495 e. The maximum Gasteiger partial charge on any atom is 0.233 e. The van der Waals surface area contributed by atoms with Crippen LogP contribution in [0.15, 0.2) is 24.3 Å². The Balaban J connectivity index is 2.69. The summed E-state index contributed by atoms with van der Waals surface area (Å²) in [6, 6.07) is 7.69. The predicted molar refractivity (Wildman–Crippen MR) is 73.4 cm³/mol. The first-order valence-corrected chi connectivity index (χ1v) is 5.95. The molecule has 98 valence electrons. The number of para-hydroxylation sites is 1. The number of rotatable bonds is 3. The molecule has 0 fully saturated rings. The molecule has 0 saturated carbocycles. The summed E-state index contributed by atoms with van der Waals surface area (Å²) in [5, 5.41) is 0.895. The molecular formula is C15H15NO3. The molecule has 0 spiro atoms. The SMILES string of the molecule is CCOC#Cc1c(OC)nc2ccccc2c1OC. The molecule has 0 bridgehead atoms. The van der Waals surface area contributed by atoms with Gasteiger partial charge in [0.15, 0.2) is 0 Å². The minimum Gasteiger partial charge on any atom is -0.495 e. The van der Waals surface area contributed by atoms with Gasteiger partial charge >= 0.3 is 0 Å². The van der Waals surface area contributed by atoms with Crippen LogP contribution in [0.3, 0.4) is 0 Å². The van der Waals surface area contributed by atoms with E-state index >= 15 is 0 Å². The zero-order valence-electron chi connectivity index (χ0n) is 11.2. The quantitative estimate of drug-likeness (QED) is 0.792. The number of hydrogen-bond acceptors (Lipinski definition) is 4. The third-order valence-electron chi connectivity index (χ3n) is 2.60. The van der Waals surface area contributed by atoms with Gasteiger partial charge in [0.05, 0.1) is 26.3 Å². The van der Waals surface area contributed by atoms with E-state index in [-0.39, 0.29) is 0 Å². The summed E-state index contributed by atoms with van der Waals surface area (Å²) in [4.78, 5) is 4.42. The van der Waals surface area contributed by atoms with Gasteiger partial charge in [0, 0.05) is 5.39 Å². The van der Waals surface area contributed by atoms with Gasteiger partial charge in [-0.05, 0) is 25.0 Å². The van der Waals surface area contributed by atoms with Gasteiger partial charge in [-0.3, -0.25) is 0 Å². The average Bonchev–Trinajstić information content (AvgIpc) is 2.46. The first-order chi connectivity index (χ1) is 9.31. The van der Waals surface area contributed by atoms with Crippen LogP contribution in [-0.4, -0.2) is 25.8 Å². The molecule has 2 aromatic rings. The number of ether oxygens (including phenoxy) is 3. The number of methoxy groups -OCH3 is 2. The second kappa shape index (κ2) is 5.96. The maximum absolute atomic E-state index is 5.45. The first kappa shape index (κ1) is 13.0. The van der Waals surface area contributed by atoms with E-state index in [9.17, 15) is 0 Å². The molecular weight excluding hydrogens is 242 g/mol.